The number of rotatable bonds is 9. The third-order valence-electron chi connectivity index (χ3n) is 8.45. The number of aryl methyl sites for hydroxylation is 1. The second-order valence-corrected chi connectivity index (χ2v) is 10.9. The molecule has 0 heteroatoms. The van der Waals surface area contributed by atoms with Crippen molar-refractivity contribution in [3.05, 3.63) is 143 Å². The molecule has 0 N–H and O–H groups in total. The van der Waals surface area contributed by atoms with Gasteiger partial charge >= 0.3 is 0 Å². The molecule has 1 fully saturated rings. The fraction of sp³-hybridized carbons (Fsp3) is 0.297. The van der Waals surface area contributed by atoms with Crippen LogP contribution in [0.15, 0.2) is 115 Å². The van der Waals surface area contributed by atoms with Crippen molar-refractivity contribution in [2.75, 3.05) is 0 Å². The Labute approximate surface area is 223 Å². The van der Waals surface area contributed by atoms with Gasteiger partial charge in [0.2, 0.25) is 0 Å². The molecule has 1 atom stereocenters. The Balaban J connectivity index is 1.28. The molecule has 0 spiro atoms. The normalized spacial score (nSPS) is 20.0. The van der Waals surface area contributed by atoms with Crippen LogP contribution in [0.4, 0.5) is 0 Å². The summed E-state index contributed by atoms with van der Waals surface area (Å²) < 4.78 is 0. The van der Waals surface area contributed by atoms with E-state index in [1.165, 1.54) is 53.5 Å². The fourth-order valence-corrected chi connectivity index (χ4v) is 6.32. The molecule has 1 unspecified atom stereocenters. The quantitative estimate of drug-likeness (QED) is 0.211. The van der Waals surface area contributed by atoms with E-state index in [1.807, 2.05) is 0 Å². The number of hydrogen-bond donors (Lipinski definition) is 0. The van der Waals surface area contributed by atoms with Crippen LogP contribution >= 0.6 is 0 Å². The summed E-state index contributed by atoms with van der Waals surface area (Å²) in [7, 11) is 0. The molecular weight excluding hydrogens is 444 g/mol. The predicted octanol–water partition coefficient (Wildman–Crippen LogP) is 9.20. The van der Waals surface area contributed by atoms with Gasteiger partial charge in [-0.05, 0) is 91.2 Å². The lowest BCUT2D eigenvalue weighted by Crippen LogP contribution is -2.23. The van der Waals surface area contributed by atoms with E-state index in [-0.39, 0.29) is 0 Å². The first-order chi connectivity index (χ1) is 18.2. The Kier molecular flexibility index (Phi) is 8.22. The zero-order valence-corrected chi connectivity index (χ0v) is 21.9. The highest BCUT2D eigenvalue weighted by Gasteiger charge is 2.30. The molecule has 0 amide bonds. The molecule has 3 aromatic carbocycles. The maximum atomic E-state index is 5.53. The molecule has 0 aromatic heterocycles. The molecule has 0 nitrogen and oxygen atoms in total. The zero-order chi connectivity index (χ0) is 25.5. The molecule has 0 saturated heterocycles. The standard InChI is InChI=1S/C37H38/c1-3-29-15-17-31(18-16-29)27-32-19-21-35(22-20-32)37(28(2)13-14-30-9-5-4-6-10-30)36-25-23-34(24-26-36)33-11-7-8-12-33/h1,4-12,15-18,23-26,32-33,35,37H,2,13-14,19-22,27H2. The molecule has 0 bridgehead atoms. The topological polar surface area (TPSA) is 0 Å². The molecule has 3 aromatic rings. The first-order valence-electron chi connectivity index (χ1n) is 13.9. The van der Waals surface area contributed by atoms with Crippen LogP contribution in [0.3, 0.4) is 0 Å². The van der Waals surface area contributed by atoms with Crippen molar-refractivity contribution >= 4 is 0 Å². The summed E-state index contributed by atoms with van der Waals surface area (Å²) in [6, 6.07) is 28.9. The smallest absolute Gasteiger partial charge is 0.0242 e. The van der Waals surface area contributed by atoms with E-state index in [0.717, 1.165) is 30.7 Å². The highest BCUT2D eigenvalue weighted by Crippen LogP contribution is 2.44. The van der Waals surface area contributed by atoms with Crippen molar-refractivity contribution < 1.29 is 0 Å². The van der Waals surface area contributed by atoms with Crippen molar-refractivity contribution in [2.24, 2.45) is 11.8 Å². The van der Waals surface area contributed by atoms with Crippen molar-refractivity contribution in [3.63, 3.8) is 0 Å². The molecule has 0 aliphatic heterocycles. The summed E-state index contributed by atoms with van der Waals surface area (Å²) >= 11 is 0. The van der Waals surface area contributed by atoms with Gasteiger partial charge < -0.3 is 0 Å². The minimum Gasteiger partial charge on any atom is -0.115 e. The van der Waals surface area contributed by atoms with E-state index in [9.17, 15) is 0 Å². The third-order valence-corrected chi connectivity index (χ3v) is 8.45. The largest absolute Gasteiger partial charge is 0.115 e. The lowest BCUT2D eigenvalue weighted by atomic mass is 9.69. The summed E-state index contributed by atoms with van der Waals surface area (Å²) in [5.41, 5.74) is 8.00. The zero-order valence-electron chi connectivity index (χ0n) is 21.9. The molecule has 2 aliphatic carbocycles. The van der Waals surface area contributed by atoms with Crippen molar-refractivity contribution in [3.8, 4) is 12.3 Å². The minimum absolute atomic E-state index is 0.416. The first kappa shape index (κ1) is 25.1. The molecule has 5 rings (SSSR count). The summed E-state index contributed by atoms with van der Waals surface area (Å²) in [4.78, 5) is 0. The Morgan fingerprint density at radius 3 is 2.14 bits per heavy atom. The average Bonchev–Trinajstić information content (AvgIpc) is 3.50. The van der Waals surface area contributed by atoms with Crippen LogP contribution in [0.5, 0.6) is 0 Å². The second-order valence-electron chi connectivity index (χ2n) is 10.9. The minimum atomic E-state index is 0.416. The molecule has 0 heterocycles. The Morgan fingerprint density at radius 1 is 0.811 bits per heavy atom. The van der Waals surface area contributed by atoms with Gasteiger partial charge in [-0.2, -0.15) is 0 Å². The lowest BCUT2D eigenvalue weighted by molar-refractivity contribution is 0.252. The SMILES string of the molecule is C#Cc1ccc(CC2CCC(C(C(=C)CCc3ccccc3)c3ccc(C4C=CC=C4)cc3)CC2)cc1. The maximum Gasteiger partial charge on any atom is 0.0242 e. The highest BCUT2D eigenvalue weighted by atomic mass is 14.3. The molecule has 0 radical (unpaired) electrons. The average molecular weight is 483 g/mol. The van der Waals surface area contributed by atoms with E-state index >= 15 is 0 Å². The second kappa shape index (κ2) is 12.1. The number of benzene rings is 3. The van der Waals surface area contributed by atoms with E-state index in [2.05, 4.69) is 116 Å². The van der Waals surface area contributed by atoms with Crippen molar-refractivity contribution in [1.29, 1.82) is 0 Å². The molecule has 186 valence electrons. The van der Waals surface area contributed by atoms with Gasteiger partial charge in [0.15, 0.2) is 0 Å². The van der Waals surface area contributed by atoms with E-state index in [4.69, 9.17) is 6.42 Å². The first-order valence-corrected chi connectivity index (χ1v) is 13.9. The van der Waals surface area contributed by atoms with Gasteiger partial charge in [0.25, 0.3) is 0 Å². The van der Waals surface area contributed by atoms with Gasteiger partial charge in [-0.25, -0.2) is 0 Å². The Hall–Kier alpha value is -3.56. The summed E-state index contributed by atoms with van der Waals surface area (Å²) in [5, 5.41) is 0. The van der Waals surface area contributed by atoms with Gasteiger partial charge in [0.1, 0.15) is 0 Å². The van der Waals surface area contributed by atoms with Gasteiger partial charge in [-0.15, -0.1) is 6.42 Å². The van der Waals surface area contributed by atoms with Crippen molar-refractivity contribution in [1.82, 2.24) is 0 Å². The van der Waals surface area contributed by atoms with E-state index in [1.54, 1.807) is 0 Å². The molecule has 1 saturated carbocycles. The molecular formula is C37H38. The van der Waals surface area contributed by atoms with Gasteiger partial charge in [0, 0.05) is 17.4 Å². The maximum absolute atomic E-state index is 5.53. The lowest BCUT2D eigenvalue weighted by Gasteiger charge is -2.36. The molecule has 37 heavy (non-hydrogen) atoms. The van der Waals surface area contributed by atoms with Gasteiger partial charge in [-0.3, -0.25) is 0 Å². The van der Waals surface area contributed by atoms with Crippen LogP contribution in [0.25, 0.3) is 0 Å². The third kappa shape index (κ3) is 6.42. The fourth-order valence-electron chi connectivity index (χ4n) is 6.32. The molecule has 2 aliphatic rings. The summed E-state index contributed by atoms with van der Waals surface area (Å²) in [5.74, 6) is 5.00. The van der Waals surface area contributed by atoms with Gasteiger partial charge in [-0.1, -0.05) is 109 Å². The van der Waals surface area contributed by atoms with Crippen LogP contribution in [0.2, 0.25) is 0 Å². The van der Waals surface area contributed by atoms with Crippen molar-refractivity contribution in [2.45, 2.75) is 56.8 Å². The highest BCUT2D eigenvalue weighted by molar-refractivity contribution is 5.39. The summed E-state index contributed by atoms with van der Waals surface area (Å²) in [6.07, 6.45) is 22.8. The predicted molar refractivity (Wildman–Crippen MR) is 158 cm³/mol. The number of allylic oxidation sites excluding steroid dienone is 5. The Morgan fingerprint density at radius 2 is 1.49 bits per heavy atom. The van der Waals surface area contributed by atoms with E-state index in [0.29, 0.717) is 17.8 Å². The summed E-state index contributed by atoms with van der Waals surface area (Å²) in [6.45, 7) is 4.69. The van der Waals surface area contributed by atoms with Crippen LogP contribution in [-0.4, -0.2) is 0 Å². The number of hydrogen-bond acceptors (Lipinski definition) is 0. The van der Waals surface area contributed by atoms with Gasteiger partial charge in [0.05, 0.1) is 0 Å². The van der Waals surface area contributed by atoms with E-state index < -0.39 is 0 Å². The van der Waals surface area contributed by atoms with Crippen LogP contribution < -0.4 is 0 Å². The Bertz CT molecular complexity index is 1240. The number of terminal acetylenes is 1. The van der Waals surface area contributed by atoms with Crippen LogP contribution in [0, 0.1) is 24.2 Å². The van der Waals surface area contributed by atoms with Crippen LogP contribution in [-0.2, 0) is 12.8 Å². The monoisotopic (exact) mass is 482 g/mol. The van der Waals surface area contributed by atoms with Crippen LogP contribution in [0.1, 0.15) is 71.8 Å².